The van der Waals surface area contributed by atoms with E-state index in [9.17, 15) is 5.11 Å². The van der Waals surface area contributed by atoms with Crippen LogP contribution in [0.25, 0.3) is 10.9 Å². The maximum Gasteiger partial charge on any atom is 0.145 e. The van der Waals surface area contributed by atoms with Crippen LogP contribution < -0.4 is 10.1 Å². The van der Waals surface area contributed by atoms with Gasteiger partial charge in [0.1, 0.15) is 11.3 Å². The van der Waals surface area contributed by atoms with Gasteiger partial charge in [-0.1, -0.05) is 24.6 Å². The fourth-order valence-corrected chi connectivity index (χ4v) is 3.18. The summed E-state index contributed by atoms with van der Waals surface area (Å²) in [6.07, 6.45) is 3.46. The van der Waals surface area contributed by atoms with Crippen LogP contribution in [0.1, 0.15) is 25.0 Å². The van der Waals surface area contributed by atoms with E-state index in [1.165, 1.54) is 6.42 Å². The zero-order valence-corrected chi connectivity index (χ0v) is 12.4. The van der Waals surface area contributed by atoms with Crippen LogP contribution >= 0.6 is 0 Å². The molecule has 0 amide bonds. The fraction of sp³-hybridized carbons (Fsp3) is 0.471. The Morgan fingerprint density at radius 1 is 1.29 bits per heavy atom. The third-order valence-corrected chi connectivity index (χ3v) is 4.40. The molecular formula is C17H22N2O2. The number of aliphatic hydroxyl groups excluding tert-OH is 1. The number of pyridine rings is 1. The van der Waals surface area contributed by atoms with Crippen molar-refractivity contribution in [1.82, 2.24) is 10.3 Å². The molecule has 3 rings (SSSR count). The highest BCUT2D eigenvalue weighted by molar-refractivity contribution is 5.84. The minimum absolute atomic E-state index is 0.274. The third-order valence-electron chi connectivity index (χ3n) is 4.40. The minimum atomic E-state index is 0.274. The second-order valence-electron chi connectivity index (χ2n) is 5.70. The molecule has 1 aliphatic carbocycles. The van der Waals surface area contributed by atoms with E-state index in [1.807, 2.05) is 18.2 Å². The topological polar surface area (TPSA) is 54.4 Å². The van der Waals surface area contributed by atoms with Gasteiger partial charge in [-0.2, -0.15) is 0 Å². The molecule has 2 unspecified atom stereocenters. The average molecular weight is 286 g/mol. The summed E-state index contributed by atoms with van der Waals surface area (Å²) in [5, 5.41) is 14.0. The van der Waals surface area contributed by atoms with Crippen molar-refractivity contribution >= 4 is 10.9 Å². The number of fused-ring (bicyclic) bond motifs is 1. The van der Waals surface area contributed by atoms with Gasteiger partial charge < -0.3 is 15.2 Å². The van der Waals surface area contributed by atoms with E-state index in [4.69, 9.17) is 9.72 Å². The Kier molecular flexibility index (Phi) is 4.36. The molecule has 1 aliphatic rings. The zero-order valence-electron chi connectivity index (χ0n) is 12.4. The normalized spacial score (nSPS) is 21.8. The summed E-state index contributed by atoms with van der Waals surface area (Å²) in [5.74, 6) is 1.20. The first-order valence-electron chi connectivity index (χ1n) is 7.58. The van der Waals surface area contributed by atoms with Gasteiger partial charge in [-0.05, 0) is 30.9 Å². The number of para-hydroxylation sites is 1. The number of nitrogens with one attached hydrogen (secondary N) is 1. The van der Waals surface area contributed by atoms with E-state index in [1.54, 1.807) is 7.11 Å². The first-order valence-corrected chi connectivity index (χ1v) is 7.58. The van der Waals surface area contributed by atoms with Crippen molar-refractivity contribution in [2.24, 2.45) is 5.92 Å². The van der Waals surface area contributed by atoms with Crippen LogP contribution in [0.4, 0.5) is 0 Å². The third kappa shape index (κ3) is 3.01. The maximum atomic E-state index is 9.37. The summed E-state index contributed by atoms with van der Waals surface area (Å²) < 4.78 is 5.38. The first-order chi connectivity index (χ1) is 10.3. The monoisotopic (exact) mass is 286 g/mol. The van der Waals surface area contributed by atoms with Gasteiger partial charge in [0.2, 0.25) is 0 Å². The highest BCUT2D eigenvalue weighted by Gasteiger charge is 2.25. The minimum Gasteiger partial charge on any atom is -0.494 e. The molecule has 0 bridgehead atoms. The predicted molar refractivity (Wildman–Crippen MR) is 83.3 cm³/mol. The Balaban J connectivity index is 1.75. The quantitative estimate of drug-likeness (QED) is 0.886. The van der Waals surface area contributed by atoms with Crippen molar-refractivity contribution in [2.75, 3.05) is 13.7 Å². The fourth-order valence-electron chi connectivity index (χ4n) is 3.18. The van der Waals surface area contributed by atoms with Gasteiger partial charge in [-0.3, -0.25) is 0 Å². The number of hydrogen-bond donors (Lipinski definition) is 2. The van der Waals surface area contributed by atoms with Crippen molar-refractivity contribution in [3.8, 4) is 5.75 Å². The number of ether oxygens (including phenoxy) is 1. The lowest BCUT2D eigenvalue weighted by atomic mass is 10.1. The van der Waals surface area contributed by atoms with E-state index >= 15 is 0 Å². The Hall–Kier alpha value is -1.65. The van der Waals surface area contributed by atoms with Crippen molar-refractivity contribution in [3.63, 3.8) is 0 Å². The largest absolute Gasteiger partial charge is 0.494 e. The van der Waals surface area contributed by atoms with Crippen LogP contribution in [0, 0.1) is 5.92 Å². The van der Waals surface area contributed by atoms with Gasteiger partial charge >= 0.3 is 0 Å². The predicted octanol–water partition coefficient (Wildman–Crippen LogP) is 2.49. The number of hydrogen-bond acceptors (Lipinski definition) is 4. The van der Waals surface area contributed by atoms with Crippen LogP contribution in [-0.2, 0) is 6.54 Å². The molecule has 1 heterocycles. The van der Waals surface area contributed by atoms with E-state index < -0.39 is 0 Å². The molecule has 1 aromatic heterocycles. The van der Waals surface area contributed by atoms with Crippen molar-refractivity contribution in [1.29, 1.82) is 0 Å². The van der Waals surface area contributed by atoms with Crippen molar-refractivity contribution in [2.45, 2.75) is 31.8 Å². The smallest absolute Gasteiger partial charge is 0.145 e. The molecular weight excluding hydrogens is 264 g/mol. The van der Waals surface area contributed by atoms with Crippen LogP contribution in [0.5, 0.6) is 5.75 Å². The van der Waals surface area contributed by atoms with E-state index in [2.05, 4.69) is 17.4 Å². The molecule has 1 fully saturated rings. The van der Waals surface area contributed by atoms with Gasteiger partial charge in [0.15, 0.2) is 0 Å². The lowest BCUT2D eigenvalue weighted by molar-refractivity contribution is 0.205. The standard InChI is InChI=1S/C17H22N2O2/c1-21-16-7-3-4-12-8-9-14(19-17(12)16)10-18-15-6-2-5-13(15)11-20/h3-4,7-9,13,15,18,20H,2,5-6,10-11H2,1H3. The molecule has 21 heavy (non-hydrogen) atoms. The Bertz CT molecular complexity index is 615. The Morgan fingerprint density at radius 2 is 2.19 bits per heavy atom. The molecule has 1 aromatic carbocycles. The summed E-state index contributed by atoms with van der Waals surface area (Å²) in [7, 11) is 1.67. The average Bonchev–Trinajstić information content (AvgIpc) is 2.99. The van der Waals surface area contributed by atoms with Crippen molar-refractivity contribution < 1.29 is 9.84 Å². The highest BCUT2D eigenvalue weighted by Crippen LogP contribution is 2.26. The molecule has 0 radical (unpaired) electrons. The zero-order chi connectivity index (χ0) is 14.7. The number of nitrogens with zero attached hydrogens (tertiary/aromatic N) is 1. The lowest BCUT2D eigenvalue weighted by Crippen LogP contribution is -2.33. The molecule has 4 heteroatoms. The van der Waals surface area contributed by atoms with Crippen molar-refractivity contribution in [3.05, 3.63) is 36.0 Å². The molecule has 0 saturated heterocycles. The highest BCUT2D eigenvalue weighted by atomic mass is 16.5. The van der Waals surface area contributed by atoms with Gasteiger partial charge in [-0.25, -0.2) is 4.98 Å². The van der Waals surface area contributed by atoms with Crippen LogP contribution in [0.15, 0.2) is 30.3 Å². The molecule has 0 spiro atoms. The maximum absolute atomic E-state index is 9.37. The summed E-state index contributed by atoms with van der Waals surface area (Å²) in [6.45, 7) is 1.01. The molecule has 112 valence electrons. The molecule has 2 N–H and O–H groups in total. The second kappa shape index (κ2) is 6.41. The number of methoxy groups -OCH3 is 1. The van der Waals surface area contributed by atoms with Crippen LogP contribution in [-0.4, -0.2) is 29.8 Å². The molecule has 2 aromatic rings. The second-order valence-corrected chi connectivity index (χ2v) is 5.70. The first kappa shape index (κ1) is 14.3. The Morgan fingerprint density at radius 3 is 3.00 bits per heavy atom. The molecule has 2 atom stereocenters. The molecule has 1 saturated carbocycles. The van der Waals surface area contributed by atoms with E-state index in [0.717, 1.165) is 41.7 Å². The van der Waals surface area contributed by atoms with Gasteiger partial charge in [0.05, 0.1) is 12.8 Å². The lowest BCUT2D eigenvalue weighted by Gasteiger charge is -2.19. The van der Waals surface area contributed by atoms with Gasteiger partial charge in [0, 0.05) is 24.6 Å². The van der Waals surface area contributed by atoms with Gasteiger partial charge in [0.25, 0.3) is 0 Å². The number of aromatic nitrogens is 1. The van der Waals surface area contributed by atoms with E-state index in [-0.39, 0.29) is 6.61 Å². The van der Waals surface area contributed by atoms with Crippen LogP contribution in [0.2, 0.25) is 0 Å². The number of aliphatic hydroxyl groups is 1. The summed E-state index contributed by atoms with van der Waals surface area (Å²) in [5.41, 5.74) is 1.92. The number of benzene rings is 1. The summed E-state index contributed by atoms with van der Waals surface area (Å²) >= 11 is 0. The Labute approximate surface area is 125 Å². The van der Waals surface area contributed by atoms with Crippen LogP contribution in [0.3, 0.4) is 0 Å². The number of rotatable bonds is 5. The SMILES string of the molecule is COc1cccc2ccc(CNC3CCCC3CO)nc12. The van der Waals surface area contributed by atoms with Gasteiger partial charge in [-0.15, -0.1) is 0 Å². The summed E-state index contributed by atoms with van der Waals surface area (Å²) in [4.78, 5) is 4.71. The summed E-state index contributed by atoms with van der Waals surface area (Å²) in [6, 6.07) is 10.5. The molecule has 4 nitrogen and oxygen atoms in total. The van der Waals surface area contributed by atoms with E-state index in [0.29, 0.717) is 12.0 Å². The molecule has 0 aliphatic heterocycles.